The molecule has 0 bridgehead atoms. The first-order valence-corrected chi connectivity index (χ1v) is 7.87. The number of nitrogens with one attached hydrogen (secondary N) is 2. The Bertz CT molecular complexity index is 434. The van der Waals surface area contributed by atoms with Crippen LogP contribution in [0.25, 0.3) is 0 Å². The van der Waals surface area contributed by atoms with Crippen LogP contribution in [0.15, 0.2) is 6.33 Å². The minimum atomic E-state index is 0.493. The Balaban J connectivity index is 1.97. The maximum atomic E-state index is 5.44. The number of ether oxygens (including phenoxy) is 1. The lowest BCUT2D eigenvalue weighted by Gasteiger charge is -2.32. The summed E-state index contributed by atoms with van der Waals surface area (Å²) in [7, 11) is 1.65. The Kier molecular flexibility index (Phi) is 6.04. The lowest BCUT2D eigenvalue weighted by atomic mass is 10.1. The minimum Gasteiger partial charge on any atom is -0.490 e. The summed E-state index contributed by atoms with van der Waals surface area (Å²) in [6.07, 6.45) is 5.55. The van der Waals surface area contributed by atoms with Crippen molar-refractivity contribution >= 4 is 11.6 Å². The molecule has 1 aliphatic heterocycles. The minimum absolute atomic E-state index is 0.493. The van der Waals surface area contributed by atoms with Gasteiger partial charge in [0.2, 0.25) is 5.75 Å². The molecule has 2 N–H and O–H groups in total. The molecule has 1 fully saturated rings. The second kappa shape index (κ2) is 8.02. The van der Waals surface area contributed by atoms with Gasteiger partial charge in [-0.1, -0.05) is 6.42 Å². The standard InChI is InChI=1S/C15H27N5O/c1-4-16-14-13(21-3)15(19-11-18-14)17-10-12(2)20-8-6-5-7-9-20/h11-12H,4-10H2,1-3H3,(H2,16,17,18,19). The number of hydrogen-bond donors (Lipinski definition) is 2. The first kappa shape index (κ1) is 15.8. The molecule has 0 amide bonds. The van der Waals surface area contributed by atoms with Crippen LogP contribution in [0.5, 0.6) is 5.75 Å². The van der Waals surface area contributed by atoms with E-state index in [1.54, 1.807) is 13.4 Å². The van der Waals surface area contributed by atoms with E-state index in [-0.39, 0.29) is 0 Å². The van der Waals surface area contributed by atoms with Crippen LogP contribution in [0.3, 0.4) is 0 Å². The monoisotopic (exact) mass is 293 g/mol. The SMILES string of the molecule is CCNc1ncnc(NCC(C)N2CCCCC2)c1OC. The first-order chi connectivity index (χ1) is 10.3. The van der Waals surface area contributed by atoms with Crippen LogP contribution < -0.4 is 15.4 Å². The number of piperidine rings is 1. The van der Waals surface area contributed by atoms with Gasteiger partial charge in [-0.25, -0.2) is 9.97 Å². The lowest BCUT2D eigenvalue weighted by molar-refractivity contribution is 0.180. The Hall–Kier alpha value is -1.56. The number of likely N-dealkylation sites (tertiary alicyclic amines) is 1. The summed E-state index contributed by atoms with van der Waals surface area (Å²) in [6, 6.07) is 0.493. The summed E-state index contributed by atoms with van der Waals surface area (Å²) in [6.45, 7) is 8.36. The number of nitrogens with zero attached hydrogens (tertiary/aromatic N) is 3. The highest BCUT2D eigenvalue weighted by Gasteiger charge is 2.18. The van der Waals surface area contributed by atoms with Gasteiger partial charge in [-0.2, -0.15) is 0 Å². The fourth-order valence-electron chi connectivity index (χ4n) is 2.72. The van der Waals surface area contributed by atoms with Gasteiger partial charge in [0, 0.05) is 19.1 Å². The third kappa shape index (κ3) is 4.20. The van der Waals surface area contributed by atoms with Gasteiger partial charge >= 0.3 is 0 Å². The summed E-state index contributed by atoms with van der Waals surface area (Å²) in [5.74, 6) is 2.18. The van der Waals surface area contributed by atoms with Gasteiger partial charge < -0.3 is 15.4 Å². The highest BCUT2D eigenvalue weighted by molar-refractivity contribution is 5.63. The smallest absolute Gasteiger partial charge is 0.204 e. The average molecular weight is 293 g/mol. The number of methoxy groups -OCH3 is 1. The van der Waals surface area contributed by atoms with Crippen molar-refractivity contribution in [1.29, 1.82) is 0 Å². The second-order valence-corrected chi connectivity index (χ2v) is 5.46. The molecule has 1 aromatic rings. The normalized spacial score (nSPS) is 17.3. The van der Waals surface area contributed by atoms with Crippen LogP contribution in [0.4, 0.5) is 11.6 Å². The van der Waals surface area contributed by atoms with Crippen LogP contribution in [-0.2, 0) is 0 Å². The van der Waals surface area contributed by atoms with E-state index >= 15 is 0 Å². The summed E-state index contributed by atoms with van der Waals surface area (Å²) >= 11 is 0. The van der Waals surface area contributed by atoms with Crippen molar-refractivity contribution in [3.63, 3.8) is 0 Å². The van der Waals surface area contributed by atoms with Crippen LogP contribution >= 0.6 is 0 Å². The van der Waals surface area contributed by atoms with Gasteiger partial charge in [0.15, 0.2) is 11.6 Å². The van der Waals surface area contributed by atoms with Gasteiger partial charge in [-0.3, -0.25) is 4.90 Å². The van der Waals surface area contributed by atoms with E-state index in [1.807, 2.05) is 6.92 Å². The van der Waals surface area contributed by atoms with Crippen molar-refractivity contribution in [3.8, 4) is 5.75 Å². The Morgan fingerprint density at radius 1 is 1.19 bits per heavy atom. The molecule has 118 valence electrons. The first-order valence-electron chi connectivity index (χ1n) is 7.87. The van der Waals surface area contributed by atoms with E-state index in [0.717, 1.165) is 24.7 Å². The van der Waals surface area contributed by atoms with Gasteiger partial charge in [-0.05, 0) is 39.8 Å². The molecule has 6 nitrogen and oxygen atoms in total. The van der Waals surface area contributed by atoms with Crippen LogP contribution in [0, 0.1) is 0 Å². The van der Waals surface area contributed by atoms with Gasteiger partial charge in [0.25, 0.3) is 0 Å². The summed E-state index contributed by atoms with van der Waals surface area (Å²) in [5.41, 5.74) is 0. The van der Waals surface area contributed by atoms with Gasteiger partial charge in [-0.15, -0.1) is 0 Å². The Labute approximate surface area is 127 Å². The van der Waals surface area contributed by atoms with Crippen LogP contribution in [-0.4, -0.2) is 54.2 Å². The van der Waals surface area contributed by atoms with E-state index < -0.39 is 0 Å². The zero-order valence-corrected chi connectivity index (χ0v) is 13.4. The largest absolute Gasteiger partial charge is 0.490 e. The van der Waals surface area contributed by atoms with Crippen molar-refractivity contribution in [2.24, 2.45) is 0 Å². The maximum Gasteiger partial charge on any atom is 0.204 e. The van der Waals surface area contributed by atoms with Crippen LogP contribution in [0.2, 0.25) is 0 Å². The predicted octanol–water partition coefficient (Wildman–Crippen LogP) is 2.20. The molecular weight excluding hydrogens is 266 g/mol. The fourth-order valence-corrected chi connectivity index (χ4v) is 2.72. The molecule has 1 aromatic heterocycles. The third-order valence-corrected chi connectivity index (χ3v) is 3.93. The second-order valence-electron chi connectivity index (χ2n) is 5.46. The third-order valence-electron chi connectivity index (χ3n) is 3.93. The topological polar surface area (TPSA) is 62.3 Å². The zero-order chi connectivity index (χ0) is 15.1. The molecule has 2 heterocycles. The number of aromatic nitrogens is 2. The van der Waals surface area contributed by atoms with E-state index in [2.05, 4.69) is 32.4 Å². The van der Waals surface area contributed by atoms with Crippen molar-refractivity contribution < 1.29 is 4.74 Å². The highest BCUT2D eigenvalue weighted by atomic mass is 16.5. The van der Waals surface area contributed by atoms with E-state index in [9.17, 15) is 0 Å². The zero-order valence-electron chi connectivity index (χ0n) is 13.4. The highest BCUT2D eigenvalue weighted by Crippen LogP contribution is 2.28. The molecule has 1 unspecified atom stereocenters. The van der Waals surface area contributed by atoms with Crippen molar-refractivity contribution in [2.45, 2.75) is 39.2 Å². The van der Waals surface area contributed by atoms with Gasteiger partial charge in [0.05, 0.1) is 7.11 Å². The molecule has 0 aromatic carbocycles. The maximum absolute atomic E-state index is 5.44. The molecule has 0 spiro atoms. The van der Waals surface area contributed by atoms with Gasteiger partial charge in [0.1, 0.15) is 6.33 Å². The van der Waals surface area contributed by atoms with Crippen LogP contribution in [0.1, 0.15) is 33.1 Å². The van der Waals surface area contributed by atoms with Crippen molar-refractivity contribution in [2.75, 3.05) is 43.9 Å². The summed E-state index contributed by atoms with van der Waals surface area (Å²) in [4.78, 5) is 11.1. The molecule has 6 heteroatoms. The number of anilines is 2. The number of hydrogen-bond acceptors (Lipinski definition) is 6. The van der Waals surface area contributed by atoms with E-state index in [0.29, 0.717) is 11.8 Å². The molecule has 0 saturated carbocycles. The molecule has 21 heavy (non-hydrogen) atoms. The fraction of sp³-hybridized carbons (Fsp3) is 0.733. The molecule has 0 aliphatic carbocycles. The van der Waals surface area contributed by atoms with E-state index in [1.165, 1.54) is 32.4 Å². The molecular formula is C15H27N5O. The Morgan fingerprint density at radius 3 is 2.48 bits per heavy atom. The summed E-state index contributed by atoms with van der Waals surface area (Å²) in [5, 5.41) is 6.59. The summed E-state index contributed by atoms with van der Waals surface area (Å²) < 4.78 is 5.44. The molecule has 1 atom stereocenters. The quantitative estimate of drug-likeness (QED) is 0.803. The van der Waals surface area contributed by atoms with Crippen molar-refractivity contribution in [1.82, 2.24) is 14.9 Å². The molecule has 0 radical (unpaired) electrons. The van der Waals surface area contributed by atoms with E-state index in [4.69, 9.17) is 4.74 Å². The lowest BCUT2D eigenvalue weighted by Crippen LogP contribution is -2.41. The Morgan fingerprint density at radius 2 is 1.86 bits per heavy atom. The molecule has 2 rings (SSSR count). The molecule has 1 aliphatic rings. The average Bonchev–Trinajstić information content (AvgIpc) is 2.54. The predicted molar refractivity (Wildman–Crippen MR) is 86.1 cm³/mol. The number of rotatable bonds is 7. The van der Waals surface area contributed by atoms with Crippen molar-refractivity contribution in [3.05, 3.63) is 6.33 Å². The molecule has 1 saturated heterocycles.